The highest BCUT2D eigenvalue weighted by Gasteiger charge is 2.20. The molecular formula is C24H22N4OS. The molecule has 4 aromatic rings. The summed E-state index contributed by atoms with van der Waals surface area (Å²) in [6.45, 7) is 1.61. The zero-order valence-electron chi connectivity index (χ0n) is 16.5. The van der Waals surface area contributed by atoms with E-state index in [9.17, 15) is 4.79 Å². The van der Waals surface area contributed by atoms with Gasteiger partial charge in [-0.05, 0) is 42.5 Å². The third-order valence-corrected chi connectivity index (χ3v) is 6.19. The summed E-state index contributed by atoms with van der Waals surface area (Å²) >= 11 is 1.90. The fraction of sp³-hybridized carbons (Fsp3) is 0.167. The van der Waals surface area contributed by atoms with E-state index in [2.05, 4.69) is 22.0 Å². The molecule has 0 aliphatic carbocycles. The Kier molecular flexibility index (Phi) is 5.15. The van der Waals surface area contributed by atoms with Crippen molar-refractivity contribution < 1.29 is 4.79 Å². The highest BCUT2D eigenvalue weighted by Crippen LogP contribution is 2.28. The number of hydrogen-bond donors (Lipinski definition) is 1. The van der Waals surface area contributed by atoms with Gasteiger partial charge in [-0.15, -0.1) is 0 Å². The number of benzene rings is 3. The fourth-order valence-corrected chi connectivity index (χ4v) is 4.64. The zero-order chi connectivity index (χ0) is 20.3. The number of imidazole rings is 1. The maximum absolute atomic E-state index is 13.0. The molecule has 0 atom stereocenters. The molecule has 5 rings (SSSR count). The van der Waals surface area contributed by atoms with Gasteiger partial charge in [-0.1, -0.05) is 36.4 Å². The molecule has 30 heavy (non-hydrogen) atoms. The molecule has 0 bridgehead atoms. The number of nitrogens with zero attached hydrogens (tertiary/aromatic N) is 3. The van der Waals surface area contributed by atoms with Gasteiger partial charge in [-0.3, -0.25) is 9.36 Å². The average molecular weight is 415 g/mol. The second kappa shape index (κ2) is 8.24. The Hall–Kier alpha value is -3.25. The van der Waals surface area contributed by atoms with E-state index in [0.29, 0.717) is 5.56 Å². The van der Waals surface area contributed by atoms with Crippen LogP contribution in [0.25, 0.3) is 16.7 Å². The molecule has 0 radical (unpaired) electrons. The molecule has 1 amide bonds. The molecule has 1 aliphatic heterocycles. The molecule has 0 unspecified atom stereocenters. The fourth-order valence-electron chi connectivity index (χ4n) is 3.74. The van der Waals surface area contributed by atoms with Crippen molar-refractivity contribution in [3.05, 3.63) is 84.4 Å². The molecule has 1 fully saturated rings. The van der Waals surface area contributed by atoms with E-state index in [0.717, 1.165) is 53.0 Å². The minimum atomic E-state index is 0.0871. The predicted octanol–water partition coefficient (Wildman–Crippen LogP) is 4.96. The van der Waals surface area contributed by atoms with Crippen LogP contribution >= 0.6 is 11.8 Å². The third-order valence-electron chi connectivity index (χ3n) is 5.24. The van der Waals surface area contributed by atoms with E-state index in [4.69, 9.17) is 4.98 Å². The second-order valence-corrected chi connectivity index (χ2v) is 8.43. The van der Waals surface area contributed by atoms with Crippen LogP contribution in [0.3, 0.4) is 0 Å². The van der Waals surface area contributed by atoms with Gasteiger partial charge in [-0.25, -0.2) is 4.98 Å². The van der Waals surface area contributed by atoms with Crippen LogP contribution in [0.2, 0.25) is 0 Å². The highest BCUT2D eigenvalue weighted by molar-refractivity contribution is 7.99. The van der Waals surface area contributed by atoms with Crippen LogP contribution in [0.1, 0.15) is 10.4 Å². The smallest absolute Gasteiger partial charge is 0.253 e. The largest absolute Gasteiger partial charge is 0.337 e. The molecule has 1 saturated heterocycles. The third kappa shape index (κ3) is 3.66. The van der Waals surface area contributed by atoms with Crippen LogP contribution in [-0.2, 0) is 0 Å². The number of thioether (sulfide) groups is 1. The minimum Gasteiger partial charge on any atom is -0.337 e. The summed E-state index contributed by atoms with van der Waals surface area (Å²) in [6.07, 6.45) is 0. The Morgan fingerprint density at radius 2 is 1.60 bits per heavy atom. The maximum Gasteiger partial charge on any atom is 0.253 e. The molecule has 1 N–H and O–H groups in total. The number of anilines is 2. The van der Waals surface area contributed by atoms with Crippen LogP contribution in [0.15, 0.2) is 78.9 Å². The topological polar surface area (TPSA) is 50.2 Å². The first-order valence-corrected chi connectivity index (χ1v) is 11.2. The molecule has 0 spiro atoms. The number of nitrogens with one attached hydrogen (secondary N) is 1. The van der Waals surface area contributed by atoms with E-state index in [1.807, 2.05) is 83.4 Å². The number of aromatic nitrogens is 2. The summed E-state index contributed by atoms with van der Waals surface area (Å²) in [4.78, 5) is 19.8. The average Bonchev–Trinajstić information content (AvgIpc) is 3.17. The Morgan fingerprint density at radius 3 is 2.33 bits per heavy atom. The minimum absolute atomic E-state index is 0.0871. The Bertz CT molecular complexity index is 1170. The number of hydrogen-bond acceptors (Lipinski definition) is 4. The van der Waals surface area contributed by atoms with E-state index in [1.54, 1.807) is 0 Å². The summed E-state index contributed by atoms with van der Waals surface area (Å²) < 4.78 is 2.09. The highest BCUT2D eigenvalue weighted by atomic mass is 32.2. The van der Waals surface area contributed by atoms with Crippen LogP contribution in [0, 0.1) is 0 Å². The van der Waals surface area contributed by atoms with Crippen LogP contribution in [0.5, 0.6) is 0 Å². The Morgan fingerprint density at radius 1 is 0.900 bits per heavy atom. The number of carbonyl (C=O) groups excluding carboxylic acids is 1. The van der Waals surface area contributed by atoms with E-state index >= 15 is 0 Å². The SMILES string of the molecule is O=C(c1ccc2c(c1)nc(Nc1ccccc1)n2-c1ccccc1)N1CCSCC1. The molecule has 6 heteroatoms. The quantitative estimate of drug-likeness (QED) is 0.513. The van der Waals surface area contributed by atoms with Crippen molar-refractivity contribution in [3.63, 3.8) is 0 Å². The van der Waals surface area contributed by atoms with Crippen LogP contribution in [-0.4, -0.2) is 45.0 Å². The second-order valence-electron chi connectivity index (χ2n) is 7.21. The van der Waals surface area contributed by atoms with E-state index in [-0.39, 0.29) is 5.91 Å². The lowest BCUT2D eigenvalue weighted by atomic mass is 10.1. The summed E-state index contributed by atoms with van der Waals surface area (Å²) in [6, 6.07) is 26.0. The van der Waals surface area contributed by atoms with Gasteiger partial charge in [0.15, 0.2) is 0 Å². The summed E-state index contributed by atoms with van der Waals surface area (Å²) in [5, 5.41) is 3.43. The molecule has 1 aromatic heterocycles. The van der Waals surface area contributed by atoms with E-state index < -0.39 is 0 Å². The number of rotatable bonds is 4. The van der Waals surface area contributed by atoms with Crippen molar-refractivity contribution >= 4 is 40.3 Å². The summed E-state index contributed by atoms with van der Waals surface area (Å²) in [7, 11) is 0. The molecular weight excluding hydrogens is 392 g/mol. The normalized spacial score (nSPS) is 14.1. The molecule has 3 aromatic carbocycles. The lowest BCUT2D eigenvalue weighted by Crippen LogP contribution is -2.37. The van der Waals surface area contributed by atoms with Crippen molar-refractivity contribution in [2.45, 2.75) is 0 Å². The van der Waals surface area contributed by atoms with E-state index in [1.165, 1.54) is 0 Å². The number of fused-ring (bicyclic) bond motifs is 1. The molecule has 2 heterocycles. The first kappa shape index (κ1) is 18.8. The van der Waals surface area contributed by atoms with Gasteiger partial charge in [0.25, 0.3) is 5.91 Å². The van der Waals surface area contributed by atoms with Gasteiger partial charge in [0.2, 0.25) is 5.95 Å². The van der Waals surface area contributed by atoms with Crippen LogP contribution in [0.4, 0.5) is 11.6 Å². The first-order chi connectivity index (χ1) is 14.8. The molecule has 150 valence electrons. The Balaban J connectivity index is 1.58. The summed E-state index contributed by atoms with van der Waals surface area (Å²) in [5.41, 5.74) is 4.44. The maximum atomic E-state index is 13.0. The van der Waals surface area contributed by atoms with Crippen molar-refractivity contribution in [2.24, 2.45) is 0 Å². The predicted molar refractivity (Wildman–Crippen MR) is 124 cm³/mol. The standard InChI is InChI=1S/C24H22N4OS/c29-23(27-13-15-30-16-14-27)18-11-12-22-21(17-18)26-24(25-19-7-3-1-4-8-19)28(22)20-9-5-2-6-10-20/h1-12,17H,13-16H2,(H,25,26). The van der Waals surface area contributed by atoms with Gasteiger partial charge in [-0.2, -0.15) is 11.8 Å². The van der Waals surface area contributed by atoms with Crippen molar-refractivity contribution in [3.8, 4) is 5.69 Å². The molecule has 5 nitrogen and oxygen atoms in total. The molecule has 0 saturated carbocycles. The number of para-hydroxylation sites is 2. The van der Waals surface area contributed by atoms with Gasteiger partial charge >= 0.3 is 0 Å². The van der Waals surface area contributed by atoms with Crippen molar-refractivity contribution in [2.75, 3.05) is 29.9 Å². The number of carbonyl (C=O) groups is 1. The zero-order valence-corrected chi connectivity index (χ0v) is 17.3. The van der Waals surface area contributed by atoms with Crippen molar-refractivity contribution in [1.82, 2.24) is 14.5 Å². The summed E-state index contributed by atoms with van der Waals surface area (Å²) in [5.74, 6) is 2.81. The Labute approximate surface area is 179 Å². The molecule has 1 aliphatic rings. The monoisotopic (exact) mass is 414 g/mol. The van der Waals surface area contributed by atoms with Gasteiger partial charge in [0.05, 0.1) is 11.0 Å². The van der Waals surface area contributed by atoms with Crippen LogP contribution < -0.4 is 5.32 Å². The lowest BCUT2D eigenvalue weighted by Gasteiger charge is -2.26. The number of amides is 1. The van der Waals surface area contributed by atoms with Gasteiger partial charge in [0, 0.05) is 41.5 Å². The van der Waals surface area contributed by atoms with Crippen molar-refractivity contribution in [1.29, 1.82) is 0 Å². The first-order valence-electron chi connectivity index (χ1n) is 10.1. The van der Waals surface area contributed by atoms with Gasteiger partial charge in [0.1, 0.15) is 0 Å². The lowest BCUT2D eigenvalue weighted by molar-refractivity contribution is 0.0772. The van der Waals surface area contributed by atoms with Gasteiger partial charge < -0.3 is 10.2 Å².